The first-order chi connectivity index (χ1) is 19.4. The van der Waals surface area contributed by atoms with E-state index in [4.69, 9.17) is 16.9 Å². The van der Waals surface area contributed by atoms with Crippen molar-refractivity contribution in [3.8, 4) is 12.3 Å². The molecule has 0 heterocycles. The van der Waals surface area contributed by atoms with Crippen molar-refractivity contribution >= 4 is 40.3 Å². The van der Waals surface area contributed by atoms with E-state index in [0.717, 1.165) is 15.7 Å². The summed E-state index contributed by atoms with van der Waals surface area (Å²) in [6, 6.07) is 16.7. The number of aliphatic hydroxyl groups excluding tert-OH is 1. The van der Waals surface area contributed by atoms with Gasteiger partial charge in [-0.05, 0) is 55.3 Å². The van der Waals surface area contributed by atoms with Gasteiger partial charge in [-0.1, -0.05) is 54.5 Å². The van der Waals surface area contributed by atoms with E-state index >= 15 is 0 Å². The van der Waals surface area contributed by atoms with Crippen molar-refractivity contribution < 1.29 is 29.0 Å². The highest BCUT2D eigenvalue weighted by atomic mass is 16.6. The molecule has 5 N–H and O–H groups in total. The second-order valence-electron chi connectivity index (χ2n) is 10.3. The third kappa shape index (κ3) is 8.30. The number of hydrogen-bond acceptors (Lipinski definition) is 6. The van der Waals surface area contributed by atoms with Crippen molar-refractivity contribution in [1.29, 1.82) is 0 Å². The topological polar surface area (TPSA) is 151 Å². The van der Waals surface area contributed by atoms with E-state index in [1.165, 1.54) is 0 Å². The lowest BCUT2D eigenvalue weighted by Gasteiger charge is -2.34. The van der Waals surface area contributed by atoms with E-state index in [-0.39, 0.29) is 6.54 Å². The number of carbonyl (C=O) groups excluding carboxylic acids is 4. The first-order valence-corrected chi connectivity index (χ1v) is 13.0. The molecule has 214 valence electrons. The van der Waals surface area contributed by atoms with Crippen LogP contribution in [0, 0.1) is 12.3 Å². The van der Waals surface area contributed by atoms with Gasteiger partial charge in [-0.15, -0.1) is 6.42 Å². The van der Waals surface area contributed by atoms with Crippen LogP contribution in [0.4, 0.5) is 10.5 Å². The number of nitrogens with zero attached hydrogens (tertiary/aromatic N) is 1. The van der Waals surface area contributed by atoms with Crippen LogP contribution < -0.4 is 16.4 Å². The Bertz CT molecular complexity index is 1470. The summed E-state index contributed by atoms with van der Waals surface area (Å²) in [6.45, 7) is 4.07. The fourth-order valence-electron chi connectivity index (χ4n) is 4.32. The summed E-state index contributed by atoms with van der Waals surface area (Å²) in [5.41, 5.74) is 5.62. The molecule has 0 saturated carbocycles. The molecule has 0 bridgehead atoms. The number of primary amides is 1. The minimum atomic E-state index is -1.48. The van der Waals surface area contributed by atoms with E-state index in [9.17, 15) is 24.3 Å². The molecule has 0 spiro atoms. The Morgan fingerprint density at radius 3 is 2.32 bits per heavy atom. The maximum Gasteiger partial charge on any atom is 0.408 e. The summed E-state index contributed by atoms with van der Waals surface area (Å²) in [7, 11) is 0. The molecule has 2 unspecified atom stereocenters. The lowest BCUT2D eigenvalue weighted by atomic mass is 9.97. The zero-order valence-corrected chi connectivity index (χ0v) is 23.2. The molecule has 3 aromatic carbocycles. The number of fused-ring (bicyclic) bond motifs is 1. The molecule has 0 aliphatic heterocycles. The molecule has 0 aliphatic rings. The number of hydrogen-bond donors (Lipinski definition) is 4. The molecule has 41 heavy (non-hydrogen) atoms. The monoisotopic (exact) mass is 558 g/mol. The molecule has 2 atom stereocenters. The predicted octanol–water partition coefficient (Wildman–Crippen LogP) is 3.09. The standard InChI is InChI=1S/C31H34N4O6/c1-5-20-10-8-9-13-24(20)27(28(38)33-23-15-14-21-11-6-7-12-22(21)18-23)35(16-17-36)29(39)25(19-26(32)37)34-30(40)41-31(2,3)4/h1,6-15,18,25,27,36H,16-17,19H2,2-4H3,(H2,32,37)(H,33,38)(H,34,40). The molecule has 3 rings (SSSR count). The summed E-state index contributed by atoms with van der Waals surface area (Å²) in [5.74, 6) is 0.195. The van der Waals surface area contributed by atoms with E-state index in [2.05, 4.69) is 16.6 Å². The summed E-state index contributed by atoms with van der Waals surface area (Å²) in [4.78, 5) is 53.4. The Labute approximate surface area is 238 Å². The highest BCUT2D eigenvalue weighted by molar-refractivity contribution is 6.01. The third-order valence-corrected chi connectivity index (χ3v) is 6.01. The van der Waals surface area contributed by atoms with Crippen LogP contribution in [0.5, 0.6) is 0 Å². The van der Waals surface area contributed by atoms with Crippen LogP contribution in [0.2, 0.25) is 0 Å². The van der Waals surface area contributed by atoms with Crippen LogP contribution in [0.1, 0.15) is 44.4 Å². The SMILES string of the molecule is C#Cc1ccccc1C(C(=O)Nc1ccc2ccccc2c1)N(CCO)C(=O)C(CC(N)=O)NC(=O)OC(C)(C)C. The fraction of sp³-hybridized carbons (Fsp3) is 0.290. The number of anilines is 1. The van der Waals surface area contributed by atoms with Gasteiger partial charge in [-0.25, -0.2) is 4.79 Å². The molecule has 0 fully saturated rings. The lowest BCUT2D eigenvalue weighted by molar-refractivity contribution is -0.142. The second-order valence-corrected chi connectivity index (χ2v) is 10.3. The first kappa shape index (κ1) is 30.7. The molecule has 0 aromatic heterocycles. The predicted molar refractivity (Wildman–Crippen MR) is 155 cm³/mol. The van der Waals surface area contributed by atoms with Crippen LogP contribution in [0.15, 0.2) is 66.7 Å². The van der Waals surface area contributed by atoms with Crippen molar-refractivity contribution in [3.63, 3.8) is 0 Å². The van der Waals surface area contributed by atoms with Crippen molar-refractivity contribution in [2.24, 2.45) is 5.73 Å². The van der Waals surface area contributed by atoms with Crippen molar-refractivity contribution in [1.82, 2.24) is 10.2 Å². The van der Waals surface area contributed by atoms with Gasteiger partial charge in [0.15, 0.2) is 0 Å². The molecular weight excluding hydrogens is 524 g/mol. The van der Waals surface area contributed by atoms with Crippen LogP contribution in [-0.4, -0.2) is 58.6 Å². The number of rotatable bonds is 10. The van der Waals surface area contributed by atoms with Gasteiger partial charge >= 0.3 is 6.09 Å². The summed E-state index contributed by atoms with van der Waals surface area (Å²) < 4.78 is 5.25. The fourth-order valence-corrected chi connectivity index (χ4v) is 4.32. The van der Waals surface area contributed by atoms with E-state index < -0.39 is 54.5 Å². The Morgan fingerprint density at radius 2 is 1.68 bits per heavy atom. The molecule has 10 heteroatoms. The molecule has 0 aliphatic carbocycles. The third-order valence-electron chi connectivity index (χ3n) is 6.01. The Morgan fingerprint density at radius 1 is 1.02 bits per heavy atom. The summed E-state index contributed by atoms with van der Waals surface area (Å²) in [6.07, 6.45) is 4.20. The highest BCUT2D eigenvalue weighted by Gasteiger charge is 2.37. The average molecular weight is 559 g/mol. The Hall–Kier alpha value is -4.88. The van der Waals surface area contributed by atoms with Crippen molar-refractivity contribution in [2.45, 2.75) is 44.9 Å². The quantitative estimate of drug-likeness (QED) is 0.281. The normalized spacial score (nSPS) is 12.5. The van der Waals surface area contributed by atoms with Gasteiger partial charge in [-0.2, -0.15) is 0 Å². The van der Waals surface area contributed by atoms with Crippen LogP contribution in [0.3, 0.4) is 0 Å². The number of nitrogens with one attached hydrogen (secondary N) is 2. The molecule has 0 radical (unpaired) electrons. The Kier molecular flexibility index (Phi) is 10.1. The first-order valence-electron chi connectivity index (χ1n) is 13.0. The lowest BCUT2D eigenvalue weighted by Crippen LogP contribution is -2.54. The van der Waals surface area contributed by atoms with Gasteiger partial charge in [0.1, 0.15) is 17.7 Å². The van der Waals surface area contributed by atoms with Gasteiger partial charge in [0.2, 0.25) is 11.8 Å². The van der Waals surface area contributed by atoms with E-state index in [0.29, 0.717) is 16.8 Å². The molecular formula is C31H34N4O6. The highest BCUT2D eigenvalue weighted by Crippen LogP contribution is 2.28. The number of terminal acetylenes is 1. The number of carbonyl (C=O) groups is 4. The summed E-state index contributed by atoms with van der Waals surface area (Å²) >= 11 is 0. The van der Waals surface area contributed by atoms with Crippen LogP contribution in [-0.2, 0) is 19.1 Å². The number of nitrogens with two attached hydrogens (primary N) is 1. The smallest absolute Gasteiger partial charge is 0.408 e. The number of benzene rings is 3. The van der Waals surface area contributed by atoms with Gasteiger partial charge in [0.05, 0.1) is 13.0 Å². The van der Waals surface area contributed by atoms with Gasteiger partial charge in [0, 0.05) is 17.8 Å². The van der Waals surface area contributed by atoms with Crippen molar-refractivity contribution in [3.05, 3.63) is 77.9 Å². The number of amides is 4. The molecule has 10 nitrogen and oxygen atoms in total. The van der Waals surface area contributed by atoms with Crippen LogP contribution >= 0.6 is 0 Å². The van der Waals surface area contributed by atoms with Crippen molar-refractivity contribution in [2.75, 3.05) is 18.5 Å². The van der Waals surface area contributed by atoms with Gasteiger partial charge in [-0.3, -0.25) is 14.4 Å². The van der Waals surface area contributed by atoms with E-state index in [1.54, 1.807) is 57.2 Å². The number of alkyl carbamates (subject to hydrolysis) is 1. The number of ether oxygens (including phenoxy) is 1. The summed E-state index contributed by atoms with van der Waals surface area (Å²) in [5, 5.41) is 17.0. The number of aliphatic hydroxyl groups is 1. The zero-order valence-electron chi connectivity index (χ0n) is 23.2. The molecule has 3 aromatic rings. The van der Waals surface area contributed by atoms with E-state index in [1.807, 2.05) is 30.3 Å². The molecule has 0 saturated heterocycles. The largest absolute Gasteiger partial charge is 0.444 e. The van der Waals surface area contributed by atoms with Gasteiger partial charge < -0.3 is 31.1 Å². The minimum Gasteiger partial charge on any atom is -0.444 e. The second kappa shape index (κ2) is 13.5. The zero-order chi connectivity index (χ0) is 30.2. The Balaban J connectivity index is 2.05. The maximum absolute atomic E-state index is 13.9. The minimum absolute atomic E-state index is 0.310. The average Bonchev–Trinajstić information content (AvgIpc) is 2.91. The van der Waals surface area contributed by atoms with Crippen LogP contribution in [0.25, 0.3) is 10.8 Å². The molecule has 4 amide bonds. The van der Waals surface area contributed by atoms with Gasteiger partial charge in [0.25, 0.3) is 5.91 Å². The maximum atomic E-state index is 13.9.